The minimum Gasteiger partial charge on any atom is -0.399 e. The Kier molecular flexibility index (Phi) is 4.00. The Morgan fingerprint density at radius 3 is 2.80 bits per heavy atom. The van der Waals surface area contributed by atoms with Gasteiger partial charge in [-0.25, -0.2) is 9.78 Å². The van der Waals surface area contributed by atoms with Crippen molar-refractivity contribution in [1.29, 1.82) is 0 Å². The molecule has 0 spiro atoms. The van der Waals surface area contributed by atoms with Gasteiger partial charge in [-0.1, -0.05) is 0 Å². The van der Waals surface area contributed by atoms with Crippen LogP contribution in [0.5, 0.6) is 0 Å². The number of benzene rings is 1. The van der Waals surface area contributed by atoms with Gasteiger partial charge in [0.05, 0.1) is 21.0 Å². The standard InChI is InChI=1S/C11H12N4O3S2/c1-5(9(16)15-10(13)17)20(18)11-14-7-3-2-6(12)4-8(7)19-11/h2-5H,12H2,1H3,(H3,13,15,16,17). The number of thiazole rings is 1. The monoisotopic (exact) mass is 312 g/mol. The van der Waals surface area contributed by atoms with E-state index in [0.29, 0.717) is 15.5 Å². The molecular weight excluding hydrogens is 300 g/mol. The molecule has 106 valence electrons. The normalized spacial score (nSPS) is 13.8. The van der Waals surface area contributed by atoms with Crippen molar-refractivity contribution in [2.75, 3.05) is 5.73 Å². The van der Waals surface area contributed by atoms with Crippen LogP contribution in [-0.2, 0) is 15.6 Å². The molecule has 1 heterocycles. The van der Waals surface area contributed by atoms with Crippen LogP contribution in [0.4, 0.5) is 10.5 Å². The molecule has 2 rings (SSSR count). The summed E-state index contributed by atoms with van der Waals surface area (Å²) in [7, 11) is -1.67. The van der Waals surface area contributed by atoms with Crippen molar-refractivity contribution in [3.05, 3.63) is 18.2 Å². The van der Waals surface area contributed by atoms with E-state index < -0.39 is 28.0 Å². The maximum absolute atomic E-state index is 12.2. The number of hydrogen-bond acceptors (Lipinski definition) is 6. The maximum Gasteiger partial charge on any atom is 0.318 e. The number of nitrogens with two attached hydrogens (primary N) is 2. The highest BCUT2D eigenvalue weighted by molar-refractivity contribution is 7.88. The van der Waals surface area contributed by atoms with Crippen LogP contribution in [0.15, 0.2) is 22.5 Å². The third-order valence-corrected chi connectivity index (χ3v) is 5.35. The highest BCUT2D eigenvalue weighted by atomic mass is 32.2. The fourth-order valence-corrected chi connectivity index (χ4v) is 4.00. The van der Waals surface area contributed by atoms with E-state index in [9.17, 15) is 13.8 Å². The number of rotatable bonds is 3. The molecule has 0 aliphatic carbocycles. The second-order valence-corrected chi connectivity index (χ2v) is 6.98. The Morgan fingerprint density at radius 1 is 1.45 bits per heavy atom. The van der Waals surface area contributed by atoms with Crippen molar-refractivity contribution in [3.8, 4) is 0 Å². The molecule has 2 aromatic rings. The molecule has 0 bridgehead atoms. The summed E-state index contributed by atoms with van der Waals surface area (Å²) < 4.78 is 13.3. The van der Waals surface area contributed by atoms with Crippen LogP contribution in [0.2, 0.25) is 0 Å². The number of nitrogens with zero attached hydrogens (tertiary/aromatic N) is 1. The number of amides is 3. The predicted molar refractivity (Wildman–Crippen MR) is 77.6 cm³/mol. The van der Waals surface area contributed by atoms with E-state index in [2.05, 4.69) is 4.98 Å². The number of hydrogen-bond donors (Lipinski definition) is 3. The van der Waals surface area contributed by atoms with Gasteiger partial charge >= 0.3 is 6.03 Å². The smallest absolute Gasteiger partial charge is 0.318 e. The number of carbonyl (C=O) groups is 2. The first kappa shape index (κ1) is 14.4. The van der Waals surface area contributed by atoms with Gasteiger partial charge in [-0.15, -0.1) is 11.3 Å². The summed E-state index contributed by atoms with van der Waals surface area (Å²) in [4.78, 5) is 26.4. The number of urea groups is 1. The Morgan fingerprint density at radius 2 is 2.15 bits per heavy atom. The van der Waals surface area contributed by atoms with Crippen molar-refractivity contribution < 1.29 is 13.8 Å². The zero-order chi connectivity index (χ0) is 14.9. The molecule has 2 atom stereocenters. The van der Waals surface area contributed by atoms with Gasteiger partial charge in [0.15, 0.2) is 4.34 Å². The molecule has 7 nitrogen and oxygen atoms in total. The number of nitrogens with one attached hydrogen (secondary N) is 1. The van der Waals surface area contributed by atoms with E-state index in [1.807, 2.05) is 5.32 Å². The zero-order valence-corrected chi connectivity index (χ0v) is 12.1. The summed E-state index contributed by atoms with van der Waals surface area (Å²) in [6.45, 7) is 1.44. The van der Waals surface area contributed by atoms with E-state index in [4.69, 9.17) is 11.5 Å². The molecule has 1 aromatic heterocycles. The molecule has 0 aliphatic rings. The lowest BCUT2D eigenvalue weighted by atomic mass is 10.3. The number of aromatic nitrogens is 1. The third-order valence-electron chi connectivity index (χ3n) is 2.50. The number of fused-ring (bicyclic) bond motifs is 1. The van der Waals surface area contributed by atoms with Gasteiger partial charge in [-0.3, -0.25) is 14.3 Å². The summed E-state index contributed by atoms with van der Waals surface area (Å²) in [6.07, 6.45) is 0. The molecule has 0 saturated heterocycles. The molecule has 20 heavy (non-hydrogen) atoms. The van der Waals surface area contributed by atoms with E-state index in [0.717, 1.165) is 4.70 Å². The number of imide groups is 1. The van der Waals surface area contributed by atoms with Gasteiger partial charge in [-0.05, 0) is 25.1 Å². The Labute approximate surface area is 120 Å². The molecule has 0 aliphatic heterocycles. The van der Waals surface area contributed by atoms with Crippen LogP contribution in [-0.4, -0.2) is 26.4 Å². The SMILES string of the molecule is CC(C(=O)NC(N)=O)S(=O)c1nc2ccc(N)cc2s1. The molecule has 2 unspecified atom stereocenters. The summed E-state index contributed by atoms with van der Waals surface area (Å²) in [5.74, 6) is -0.699. The predicted octanol–water partition coefficient (Wildman–Crippen LogP) is 0.569. The Hall–Kier alpha value is -2.00. The molecule has 0 radical (unpaired) electrons. The van der Waals surface area contributed by atoms with E-state index in [-0.39, 0.29) is 0 Å². The first-order valence-corrected chi connectivity index (χ1v) is 7.58. The van der Waals surface area contributed by atoms with Gasteiger partial charge in [0, 0.05) is 5.69 Å². The van der Waals surface area contributed by atoms with Gasteiger partial charge in [0.2, 0.25) is 5.91 Å². The van der Waals surface area contributed by atoms with Crippen LogP contribution in [0, 0.1) is 0 Å². The van der Waals surface area contributed by atoms with Gasteiger partial charge < -0.3 is 11.5 Å². The fraction of sp³-hybridized carbons (Fsp3) is 0.182. The average molecular weight is 312 g/mol. The molecular formula is C11H12N4O3S2. The van der Waals surface area contributed by atoms with Crippen LogP contribution in [0.3, 0.4) is 0 Å². The summed E-state index contributed by atoms with van der Waals surface area (Å²) >= 11 is 1.20. The lowest BCUT2D eigenvalue weighted by Gasteiger charge is -2.07. The van der Waals surface area contributed by atoms with Crippen molar-refractivity contribution in [3.63, 3.8) is 0 Å². The molecule has 9 heteroatoms. The minimum atomic E-state index is -1.67. The van der Waals surface area contributed by atoms with E-state index in [1.54, 1.807) is 18.2 Å². The zero-order valence-electron chi connectivity index (χ0n) is 10.5. The van der Waals surface area contributed by atoms with E-state index >= 15 is 0 Å². The summed E-state index contributed by atoms with van der Waals surface area (Å²) in [5, 5.41) is 0.970. The van der Waals surface area contributed by atoms with E-state index in [1.165, 1.54) is 18.3 Å². The topological polar surface area (TPSA) is 128 Å². The second kappa shape index (κ2) is 5.55. The van der Waals surface area contributed by atoms with Crippen LogP contribution < -0.4 is 16.8 Å². The lowest BCUT2D eigenvalue weighted by Crippen LogP contribution is -2.42. The van der Waals surface area contributed by atoms with Gasteiger partial charge in [0.1, 0.15) is 5.25 Å². The lowest BCUT2D eigenvalue weighted by molar-refractivity contribution is -0.119. The largest absolute Gasteiger partial charge is 0.399 e. The van der Waals surface area contributed by atoms with Crippen LogP contribution in [0.1, 0.15) is 6.92 Å². The Bertz CT molecular complexity index is 713. The minimum absolute atomic E-state index is 0.303. The van der Waals surface area contributed by atoms with Crippen LogP contribution in [0.25, 0.3) is 10.2 Å². The third kappa shape index (κ3) is 2.94. The fourth-order valence-electron chi connectivity index (χ4n) is 1.48. The molecule has 3 amide bonds. The van der Waals surface area contributed by atoms with Crippen molar-refractivity contribution in [1.82, 2.24) is 10.3 Å². The highest BCUT2D eigenvalue weighted by Gasteiger charge is 2.25. The number of anilines is 1. The molecule has 5 N–H and O–H groups in total. The maximum atomic E-state index is 12.2. The van der Waals surface area contributed by atoms with Gasteiger partial charge in [0.25, 0.3) is 0 Å². The first-order chi connectivity index (χ1) is 9.38. The average Bonchev–Trinajstić information content (AvgIpc) is 2.78. The number of nitrogen functional groups attached to an aromatic ring is 1. The first-order valence-electron chi connectivity index (χ1n) is 5.55. The number of carbonyl (C=O) groups excluding carboxylic acids is 2. The molecule has 0 fully saturated rings. The molecule has 1 aromatic carbocycles. The van der Waals surface area contributed by atoms with Crippen LogP contribution >= 0.6 is 11.3 Å². The van der Waals surface area contributed by atoms with Crippen molar-refractivity contribution in [2.24, 2.45) is 5.73 Å². The highest BCUT2D eigenvalue weighted by Crippen LogP contribution is 2.27. The number of primary amides is 1. The van der Waals surface area contributed by atoms with Crippen molar-refractivity contribution in [2.45, 2.75) is 16.5 Å². The molecule has 0 saturated carbocycles. The Balaban J connectivity index is 2.26. The van der Waals surface area contributed by atoms with Crippen molar-refractivity contribution >= 4 is 50.0 Å². The quantitative estimate of drug-likeness (QED) is 0.714. The van der Waals surface area contributed by atoms with Gasteiger partial charge in [-0.2, -0.15) is 0 Å². The summed E-state index contributed by atoms with van der Waals surface area (Å²) in [5.41, 5.74) is 11.8. The summed E-state index contributed by atoms with van der Waals surface area (Å²) in [6, 6.07) is 4.16. The second-order valence-electron chi connectivity index (χ2n) is 4.00.